The third-order valence-corrected chi connectivity index (χ3v) is 4.07. The molecule has 0 bridgehead atoms. The lowest BCUT2D eigenvalue weighted by Crippen LogP contribution is -2.61. The van der Waals surface area contributed by atoms with E-state index < -0.39 is 17.7 Å². The zero-order valence-corrected chi connectivity index (χ0v) is 12.1. The zero-order chi connectivity index (χ0) is 14.6. The van der Waals surface area contributed by atoms with Gasteiger partial charge in [0.2, 0.25) is 0 Å². The monoisotopic (exact) mass is 276 g/mol. The van der Waals surface area contributed by atoms with Crippen LogP contribution in [0.1, 0.15) is 43.7 Å². The first-order chi connectivity index (χ1) is 9.54. The molecular weight excluding hydrogens is 252 g/mol. The first kappa shape index (κ1) is 15.0. The average molecular weight is 276 g/mol. The maximum absolute atomic E-state index is 11.3. The summed E-state index contributed by atoms with van der Waals surface area (Å²) in [5.74, 6) is -0.804. The first-order valence-corrected chi connectivity index (χ1v) is 7.40. The lowest BCUT2D eigenvalue weighted by molar-refractivity contribution is -0.140. The molecule has 2 rings (SSSR count). The Morgan fingerprint density at radius 1 is 1.45 bits per heavy atom. The third kappa shape index (κ3) is 3.58. The van der Waals surface area contributed by atoms with Crippen LogP contribution in [0.2, 0.25) is 0 Å². The normalized spacial score (nSPS) is 23.1. The molecule has 4 heteroatoms. The second kappa shape index (κ2) is 6.37. The molecular formula is C16H24N2O2. The first-order valence-electron chi connectivity index (χ1n) is 7.40. The van der Waals surface area contributed by atoms with E-state index >= 15 is 0 Å². The predicted octanol–water partition coefficient (Wildman–Crippen LogP) is 2.06. The van der Waals surface area contributed by atoms with Crippen LogP contribution in [0.3, 0.4) is 0 Å². The quantitative estimate of drug-likeness (QED) is 0.695. The van der Waals surface area contributed by atoms with Crippen LogP contribution >= 0.6 is 0 Å². The van der Waals surface area contributed by atoms with Crippen LogP contribution in [0, 0.1) is 0 Å². The Labute approximate surface area is 120 Å². The number of carbonyl (C=O) groups is 1. The van der Waals surface area contributed by atoms with Crippen LogP contribution in [0.15, 0.2) is 24.3 Å². The summed E-state index contributed by atoms with van der Waals surface area (Å²) in [4.78, 5) is 11.3. The Morgan fingerprint density at radius 2 is 2.15 bits per heavy atom. The minimum absolute atomic E-state index is 0.551. The van der Waals surface area contributed by atoms with Crippen molar-refractivity contribution in [3.63, 3.8) is 0 Å². The summed E-state index contributed by atoms with van der Waals surface area (Å²) in [7, 11) is 0. The lowest BCUT2D eigenvalue weighted by Gasteiger charge is -2.37. The molecule has 0 saturated carbocycles. The topological polar surface area (TPSA) is 75.3 Å². The van der Waals surface area contributed by atoms with Crippen molar-refractivity contribution in [2.45, 2.75) is 57.2 Å². The minimum Gasteiger partial charge on any atom is -0.480 e. The number of carboxylic acid groups (broad SMARTS) is 1. The summed E-state index contributed by atoms with van der Waals surface area (Å²) in [6.07, 6.45) is 4.90. The van der Waals surface area contributed by atoms with E-state index in [0.717, 1.165) is 25.7 Å². The van der Waals surface area contributed by atoms with Crippen molar-refractivity contribution in [3.05, 3.63) is 35.4 Å². The van der Waals surface area contributed by atoms with E-state index in [0.29, 0.717) is 12.8 Å². The molecule has 0 heterocycles. The van der Waals surface area contributed by atoms with E-state index in [4.69, 9.17) is 5.73 Å². The average Bonchev–Trinajstić information content (AvgIpc) is 2.43. The van der Waals surface area contributed by atoms with Crippen LogP contribution in [-0.4, -0.2) is 22.8 Å². The van der Waals surface area contributed by atoms with Crippen LogP contribution in [0.5, 0.6) is 0 Å². The van der Waals surface area contributed by atoms with Gasteiger partial charge < -0.3 is 10.8 Å². The van der Waals surface area contributed by atoms with Crippen LogP contribution in [0.25, 0.3) is 0 Å². The molecule has 0 amide bonds. The largest absolute Gasteiger partial charge is 0.480 e. The maximum Gasteiger partial charge on any atom is 0.320 e. The van der Waals surface area contributed by atoms with Gasteiger partial charge in [-0.1, -0.05) is 44.0 Å². The molecule has 2 atom stereocenters. The van der Waals surface area contributed by atoms with Crippen molar-refractivity contribution >= 4 is 5.97 Å². The molecule has 1 aliphatic rings. The predicted molar refractivity (Wildman–Crippen MR) is 79.5 cm³/mol. The number of unbranched alkanes of at least 4 members (excludes halogenated alkanes) is 1. The Kier molecular flexibility index (Phi) is 4.78. The highest BCUT2D eigenvalue weighted by molar-refractivity contribution is 5.73. The number of benzene rings is 1. The van der Waals surface area contributed by atoms with Crippen molar-refractivity contribution < 1.29 is 9.90 Å². The summed E-state index contributed by atoms with van der Waals surface area (Å²) >= 11 is 0. The molecule has 1 aliphatic carbocycles. The fourth-order valence-electron chi connectivity index (χ4n) is 2.90. The summed E-state index contributed by atoms with van der Waals surface area (Å²) in [5, 5.41) is 12.5. The molecule has 2 unspecified atom stereocenters. The fraction of sp³-hybridized carbons (Fsp3) is 0.562. The Balaban J connectivity index is 2.06. The highest BCUT2D eigenvalue weighted by Gasteiger charge is 2.34. The Hall–Kier alpha value is -1.39. The molecule has 1 aromatic rings. The van der Waals surface area contributed by atoms with Crippen molar-refractivity contribution in [1.29, 1.82) is 0 Å². The number of aliphatic carboxylic acids is 1. The number of aryl methyl sites for hydroxylation is 1. The molecule has 0 aromatic heterocycles. The summed E-state index contributed by atoms with van der Waals surface area (Å²) in [6.45, 7) is 2.06. The van der Waals surface area contributed by atoms with E-state index in [2.05, 4.69) is 24.4 Å². The van der Waals surface area contributed by atoms with Gasteiger partial charge in [-0.25, -0.2) is 0 Å². The molecule has 0 fully saturated rings. The molecule has 0 aliphatic heterocycles. The van der Waals surface area contributed by atoms with Crippen LogP contribution in [0.4, 0.5) is 0 Å². The molecule has 0 spiro atoms. The van der Waals surface area contributed by atoms with E-state index in [1.165, 1.54) is 11.1 Å². The number of fused-ring (bicyclic) bond motifs is 1. The molecule has 4 nitrogen and oxygen atoms in total. The summed E-state index contributed by atoms with van der Waals surface area (Å²) in [6, 6.07) is 7.71. The maximum atomic E-state index is 11.3. The lowest BCUT2D eigenvalue weighted by atomic mass is 9.83. The van der Waals surface area contributed by atoms with Gasteiger partial charge in [-0.15, -0.1) is 0 Å². The summed E-state index contributed by atoms with van der Waals surface area (Å²) in [5.41, 5.74) is 8.36. The van der Waals surface area contributed by atoms with Crippen molar-refractivity contribution in [2.24, 2.45) is 5.73 Å². The highest BCUT2D eigenvalue weighted by atomic mass is 16.4. The van der Waals surface area contributed by atoms with E-state index in [-0.39, 0.29) is 0 Å². The number of carboxylic acids is 1. The standard InChI is InChI=1S/C16H24N2O2/c1-2-3-8-14(15(19)20)18-16(17)10-9-12-6-4-5-7-13(12)11-16/h4-7,14,18H,2-3,8-11,17H2,1H3,(H,19,20). The fourth-order valence-corrected chi connectivity index (χ4v) is 2.90. The van der Waals surface area contributed by atoms with Gasteiger partial charge in [0.05, 0.1) is 5.66 Å². The van der Waals surface area contributed by atoms with Crippen molar-refractivity contribution in [1.82, 2.24) is 5.32 Å². The van der Waals surface area contributed by atoms with Gasteiger partial charge in [0.25, 0.3) is 0 Å². The number of rotatable bonds is 6. The van der Waals surface area contributed by atoms with Crippen molar-refractivity contribution in [3.8, 4) is 0 Å². The van der Waals surface area contributed by atoms with Gasteiger partial charge >= 0.3 is 5.97 Å². The molecule has 20 heavy (non-hydrogen) atoms. The molecule has 0 radical (unpaired) electrons. The molecule has 0 saturated heterocycles. The highest BCUT2D eigenvalue weighted by Crippen LogP contribution is 2.26. The number of nitrogens with one attached hydrogen (secondary N) is 1. The second-order valence-corrected chi connectivity index (χ2v) is 5.78. The van der Waals surface area contributed by atoms with Crippen LogP contribution < -0.4 is 11.1 Å². The van der Waals surface area contributed by atoms with Gasteiger partial charge in [-0.3, -0.25) is 10.1 Å². The minimum atomic E-state index is -0.804. The van der Waals surface area contributed by atoms with Gasteiger partial charge in [0, 0.05) is 6.42 Å². The van der Waals surface area contributed by atoms with Gasteiger partial charge in [-0.2, -0.15) is 0 Å². The molecule has 1 aromatic carbocycles. The number of hydrogen-bond donors (Lipinski definition) is 3. The van der Waals surface area contributed by atoms with Gasteiger partial charge in [0.1, 0.15) is 6.04 Å². The smallest absolute Gasteiger partial charge is 0.320 e. The van der Waals surface area contributed by atoms with Gasteiger partial charge in [-0.05, 0) is 30.4 Å². The van der Waals surface area contributed by atoms with E-state index in [1.54, 1.807) is 0 Å². The third-order valence-electron chi connectivity index (χ3n) is 4.07. The zero-order valence-electron chi connectivity index (χ0n) is 12.1. The molecule has 110 valence electrons. The Morgan fingerprint density at radius 3 is 2.80 bits per heavy atom. The van der Waals surface area contributed by atoms with E-state index in [9.17, 15) is 9.90 Å². The van der Waals surface area contributed by atoms with Crippen molar-refractivity contribution in [2.75, 3.05) is 0 Å². The summed E-state index contributed by atoms with van der Waals surface area (Å²) < 4.78 is 0. The van der Waals surface area contributed by atoms with Gasteiger partial charge in [0.15, 0.2) is 0 Å². The SMILES string of the molecule is CCCCC(NC1(N)CCc2ccccc2C1)C(=O)O. The number of hydrogen-bond acceptors (Lipinski definition) is 3. The molecule has 4 N–H and O–H groups in total. The second-order valence-electron chi connectivity index (χ2n) is 5.78. The van der Waals surface area contributed by atoms with E-state index in [1.807, 2.05) is 12.1 Å². The Bertz CT molecular complexity index is 475. The number of nitrogens with two attached hydrogens (primary N) is 1. The van der Waals surface area contributed by atoms with Crippen LogP contribution in [-0.2, 0) is 17.6 Å².